The lowest BCUT2D eigenvalue weighted by Crippen LogP contribution is -2.24. The highest BCUT2D eigenvalue weighted by atomic mass is 16.1. The van der Waals surface area contributed by atoms with Gasteiger partial charge in [-0.15, -0.1) is 0 Å². The van der Waals surface area contributed by atoms with Crippen molar-refractivity contribution in [1.82, 2.24) is 10.3 Å². The fourth-order valence-corrected chi connectivity index (χ4v) is 1.94. The molecule has 0 aliphatic carbocycles. The average Bonchev–Trinajstić information content (AvgIpc) is 2.40. The highest BCUT2D eigenvalue weighted by Crippen LogP contribution is 2.04. The molecule has 19 heavy (non-hydrogen) atoms. The van der Waals surface area contributed by atoms with Crippen LogP contribution in [0, 0.1) is 6.92 Å². The van der Waals surface area contributed by atoms with Crippen molar-refractivity contribution < 1.29 is 4.79 Å². The predicted molar refractivity (Wildman–Crippen MR) is 75.8 cm³/mol. The Labute approximate surface area is 113 Å². The first-order valence-electron chi connectivity index (χ1n) is 6.42. The van der Waals surface area contributed by atoms with Crippen molar-refractivity contribution in [3.05, 3.63) is 65.5 Å². The van der Waals surface area contributed by atoms with E-state index in [0.29, 0.717) is 19.5 Å². The minimum atomic E-state index is 0.196. The number of rotatable bonds is 6. The zero-order valence-electron chi connectivity index (χ0n) is 11.1. The Morgan fingerprint density at radius 1 is 1.21 bits per heavy atom. The molecule has 0 bridgehead atoms. The molecule has 0 fully saturated rings. The molecule has 0 aliphatic heterocycles. The summed E-state index contributed by atoms with van der Waals surface area (Å²) in [5.74, 6) is 0.196. The van der Waals surface area contributed by atoms with Crippen molar-refractivity contribution in [2.24, 2.45) is 0 Å². The number of carbonyl (C=O) groups is 1. The summed E-state index contributed by atoms with van der Waals surface area (Å²) < 4.78 is 0. The number of aromatic nitrogens is 1. The second-order valence-corrected chi connectivity index (χ2v) is 4.63. The Morgan fingerprint density at radius 2 is 2.11 bits per heavy atom. The smallest absolute Gasteiger partial charge is 0.150 e. The molecule has 2 aromatic rings. The van der Waals surface area contributed by atoms with Crippen LogP contribution in [0.3, 0.4) is 0 Å². The van der Waals surface area contributed by atoms with Gasteiger partial charge in [0.05, 0.1) is 12.2 Å². The van der Waals surface area contributed by atoms with E-state index in [1.807, 2.05) is 43.3 Å². The molecule has 0 radical (unpaired) electrons. The third kappa shape index (κ3) is 4.64. The number of benzene rings is 1. The van der Waals surface area contributed by atoms with Gasteiger partial charge in [0.2, 0.25) is 0 Å². The maximum Gasteiger partial charge on any atom is 0.150 e. The normalized spacial score (nSPS) is 10.4. The molecule has 1 aromatic carbocycles. The van der Waals surface area contributed by atoms with E-state index >= 15 is 0 Å². The largest absolute Gasteiger partial charge is 0.304 e. The SMILES string of the molecule is Cc1cccc(CC(=O)CNCc2ccccn2)c1. The van der Waals surface area contributed by atoms with Gasteiger partial charge in [-0.25, -0.2) is 0 Å². The predicted octanol–water partition coefficient (Wildman–Crippen LogP) is 2.29. The third-order valence-electron chi connectivity index (χ3n) is 2.84. The van der Waals surface area contributed by atoms with Crippen LogP contribution in [0.25, 0.3) is 0 Å². The number of nitrogens with zero attached hydrogens (tertiary/aromatic N) is 1. The number of hydrogen-bond donors (Lipinski definition) is 1. The van der Waals surface area contributed by atoms with Crippen LogP contribution in [0.15, 0.2) is 48.7 Å². The minimum absolute atomic E-state index is 0.196. The fraction of sp³-hybridized carbons (Fsp3) is 0.250. The first-order valence-corrected chi connectivity index (χ1v) is 6.42. The van der Waals surface area contributed by atoms with Crippen molar-refractivity contribution in [3.8, 4) is 0 Å². The van der Waals surface area contributed by atoms with E-state index in [1.165, 1.54) is 5.56 Å². The lowest BCUT2D eigenvalue weighted by molar-refractivity contribution is -0.117. The Morgan fingerprint density at radius 3 is 2.84 bits per heavy atom. The molecule has 1 heterocycles. The lowest BCUT2D eigenvalue weighted by atomic mass is 10.1. The zero-order valence-corrected chi connectivity index (χ0v) is 11.1. The van der Waals surface area contributed by atoms with E-state index in [9.17, 15) is 4.79 Å². The van der Waals surface area contributed by atoms with Crippen molar-refractivity contribution in [2.45, 2.75) is 19.9 Å². The summed E-state index contributed by atoms with van der Waals surface area (Å²) in [6.07, 6.45) is 2.24. The van der Waals surface area contributed by atoms with Crippen molar-refractivity contribution in [2.75, 3.05) is 6.54 Å². The molecule has 0 saturated heterocycles. The van der Waals surface area contributed by atoms with Gasteiger partial charge < -0.3 is 5.32 Å². The van der Waals surface area contributed by atoms with Gasteiger partial charge in [0.15, 0.2) is 5.78 Å². The van der Waals surface area contributed by atoms with Crippen LogP contribution >= 0.6 is 0 Å². The minimum Gasteiger partial charge on any atom is -0.304 e. The third-order valence-corrected chi connectivity index (χ3v) is 2.84. The molecule has 0 aliphatic rings. The number of Topliss-reactive ketones (excluding diaryl/α,β-unsaturated/α-hetero) is 1. The summed E-state index contributed by atoms with van der Waals surface area (Å²) in [6, 6.07) is 13.8. The van der Waals surface area contributed by atoms with E-state index < -0.39 is 0 Å². The van der Waals surface area contributed by atoms with Crippen molar-refractivity contribution in [3.63, 3.8) is 0 Å². The Bertz CT molecular complexity index is 537. The Balaban J connectivity index is 1.76. The van der Waals surface area contributed by atoms with Gasteiger partial charge in [0, 0.05) is 19.2 Å². The molecular formula is C16H18N2O. The monoisotopic (exact) mass is 254 g/mol. The molecule has 3 nitrogen and oxygen atoms in total. The number of hydrogen-bond acceptors (Lipinski definition) is 3. The average molecular weight is 254 g/mol. The maximum atomic E-state index is 11.8. The summed E-state index contributed by atoms with van der Waals surface area (Å²) in [5, 5.41) is 3.12. The van der Waals surface area contributed by atoms with Crippen molar-refractivity contribution in [1.29, 1.82) is 0 Å². The Kier molecular flexibility index (Phi) is 4.81. The molecule has 0 atom stereocenters. The van der Waals surface area contributed by atoms with Crippen LogP contribution in [-0.4, -0.2) is 17.3 Å². The van der Waals surface area contributed by atoms with Gasteiger partial charge in [-0.3, -0.25) is 9.78 Å². The molecular weight excluding hydrogens is 236 g/mol. The highest BCUT2D eigenvalue weighted by molar-refractivity contribution is 5.82. The summed E-state index contributed by atoms with van der Waals surface area (Å²) in [7, 11) is 0. The molecule has 3 heteroatoms. The Hall–Kier alpha value is -2.00. The summed E-state index contributed by atoms with van der Waals surface area (Å²) in [6.45, 7) is 3.04. The number of ketones is 1. The van der Waals surface area contributed by atoms with Gasteiger partial charge in [-0.05, 0) is 24.6 Å². The zero-order chi connectivity index (χ0) is 13.5. The summed E-state index contributed by atoms with van der Waals surface area (Å²) in [5.41, 5.74) is 3.21. The first-order chi connectivity index (χ1) is 9.24. The fourth-order valence-electron chi connectivity index (χ4n) is 1.94. The highest BCUT2D eigenvalue weighted by Gasteiger charge is 2.03. The van der Waals surface area contributed by atoms with E-state index in [0.717, 1.165) is 11.3 Å². The van der Waals surface area contributed by atoms with Gasteiger partial charge in [-0.1, -0.05) is 35.9 Å². The van der Waals surface area contributed by atoms with Crippen LogP contribution in [0.5, 0.6) is 0 Å². The molecule has 2 rings (SSSR count). The van der Waals surface area contributed by atoms with Gasteiger partial charge in [0.25, 0.3) is 0 Å². The van der Waals surface area contributed by atoms with E-state index in [4.69, 9.17) is 0 Å². The lowest BCUT2D eigenvalue weighted by Gasteiger charge is -2.04. The van der Waals surface area contributed by atoms with Crippen LogP contribution < -0.4 is 5.32 Å². The number of aryl methyl sites for hydroxylation is 1. The summed E-state index contributed by atoms with van der Waals surface area (Å²) in [4.78, 5) is 16.0. The molecule has 1 N–H and O–H groups in total. The van der Waals surface area contributed by atoms with Gasteiger partial charge >= 0.3 is 0 Å². The second kappa shape index (κ2) is 6.81. The van der Waals surface area contributed by atoms with Gasteiger partial charge in [-0.2, -0.15) is 0 Å². The van der Waals surface area contributed by atoms with E-state index in [-0.39, 0.29) is 5.78 Å². The molecule has 0 amide bonds. The molecule has 98 valence electrons. The standard InChI is InChI=1S/C16H18N2O/c1-13-5-4-6-14(9-13)10-16(19)12-17-11-15-7-2-3-8-18-15/h2-9,17H,10-12H2,1H3. The quantitative estimate of drug-likeness (QED) is 0.860. The molecule has 0 unspecified atom stereocenters. The van der Waals surface area contributed by atoms with Crippen molar-refractivity contribution >= 4 is 5.78 Å². The molecule has 0 spiro atoms. The molecule has 0 saturated carbocycles. The maximum absolute atomic E-state index is 11.8. The van der Waals surface area contributed by atoms with Gasteiger partial charge in [0.1, 0.15) is 0 Å². The summed E-state index contributed by atoms with van der Waals surface area (Å²) >= 11 is 0. The van der Waals surface area contributed by atoms with Crippen LogP contribution in [0.2, 0.25) is 0 Å². The van der Waals surface area contributed by atoms with Crippen LogP contribution in [0.4, 0.5) is 0 Å². The number of nitrogens with one attached hydrogen (secondary N) is 1. The van der Waals surface area contributed by atoms with Crippen LogP contribution in [-0.2, 0) is 17.8 Å². The molecule has 1 aromatic heterocycles. The first kappa shape index (κ1) is 13.4. The van der Waals surface area contributed by atoms with E-state index in [2.05, 4.69) is 16.4 Å². The number of pyridine rings is 1. The number of carbonyl (C=O) groups excluding carboxylic acids is 1. The van der Waals surface area contributed by atoms with Crippen LogP contribution in [0.1, 0.15) is 16.8 Å². The second-order valence-electron chi connectivity index (χ2n) is 4.63. The van der Waals surface area contributed by atoms with E-state index in [1.54, 1.807) is 6.20 Å². The topological polar surface area (TPSA) is 42.0 Å².